The normalized spacial score (nSPS) is 13.1. The van der Waals surface area contributed by atoms with Crippen molar-refractivity contribution in [3.8, 4) is 0 Å². The summed E-state index contributed by atoms with van der Waals surface area (Å²) in [5, 5.41) is 22.9. The Balaban J connectivity index is 1.68. The second kappa shape index (κ2) is 9.22. The molecule has 0 saturated heterocycles. The summed E-state index contributed by atoms with van der Waals surface area (Å²) < 4.78 is 5.05. The molecular formula is C17H19ClN2O4. The quantitative estimate of drug-likeness (QED) is 0.713. The zero-order valence-electron chi connectivity index (χ0n) is 12.9. The van der Waals surface area contributed by atoms with Crippen LogP contribution in [0.5, 0.6) is 0 Å². The highest BCUT2D eigenvalue weighted by molar-refractivity contribution is 6.30. The van der Waals surface area contributed by atoms with Crippen LogP contribution in [-0.2, 0) is 11.3 Å². The van der Waals surface area contributed by atoms with E-state index < -0.39 is 18.3 Å². The third kappa shape index (κ3) is 5.81. The Bertz CT molecular complexity index is 637. The van der Waals surface area contributed by atoms with Crippen LogP contribution in [0.1, 0.15) is 23.8 Å². The van der Waals surface area contributed by atoms with Gasteiger partial charge in [-0.05, 0) is 24.1 Å². The maximum atomic E-state index is 11.6. The molecule has 2 rings (SSSR count). The molecule has 1 aromatic heterocycles. The van der Waals surface area contributed by atoms with E-state index >= 15 is 0 Å². The lowest BCUT2D eigenvalue weighted by atomic mass is 10.1. The van der Waals surface area contributed by atoms with Gasteiger partial charge in [0.1, 0.15) is 12.7 Å². The van der Waals surface area contributed by atoms with Crippen molar-refractivity contribution < 1.29 is 19.7 Å². The van der Waals surface area contributed by atoms with Crippen molar-refractivity contribution in [1.29, 1.82) is 0 Å². The smallest absolute Gasteiger partial charge is 0.407 e. The number of halogens is 1. The number of nitrogens with one attached hydrogen (secondary N) is 1. The fourth-order valence-electron chi connectivity index (χ4n) is 2.01. The summed E-state index contributed by atoms with van der Waals surface area (Å²) in [6.45, 7) is 0.339. The number of ether oxygens (including phenoxy) is 1. The van der Waals surface area contributed by atoms with Gasteiger partial charge in [-0.1, -0.05) is 41.9 Å². The largest absolute Gasteiger partial charge is 0.445 e. The maximum absolute atomic E-state index is 11.6. The Morgan fingerprint density at radius 2 is 1.96 bits per heavy atom. The molecule has 0 aliphatic rings. The minimum atomic E-state index is -1.15. The molecule has 3 N–H and O–H groups in total. The molecule has 7 heteroatoms. The molecule has 24 heavy (non-hydrogen) atoms. The van der Waals surface area contributed by atoms with Gasteiger partial charge in [-0.15, -0.1) is 0 Å². The molecule has 0 fully saturated rings. The summed E-state index contributed by atoms with van der Waals surface area (Å²) in [5.74, 6) is 0. The fourth-order valence-corrected chi connectivity index (χ4v) is 2.13. The highest BCUT2D eigenvalue weighted by Gasteiger charge is 2.19. The summed E-state index contributed by atoms with van der Waals surface area (Å²) in [6.07, 6.45) is -1.24. The van der Waals surface area contributed by atoms with Crippen LogP contribution in [0.2, 0.25) is 5.02 Å². The Labute approximate surface area is 145 Å². The average molecular weight is 351 g/mol. The molecule has 0 aliphatic carbocycles. The van der Waals surface area contributed by atoms with E-state index in [1.165, 1.54) is 12.3 Å². The number of rotatable bonds is 7. The summed E-state index contributed by atoms with van der Waals surface area (Å²) in [4.78, 5) is 15.5. The van der Waals surface area contributed by atoms with Crippen LogP contribution in [0, 0.1) is 0 Å². The van der Waals surface area contributed by atoms with Gasteiger partial charge >= 0.3 is 6.09 Å². The van der Waals surface area contributed by atoms with Crippen LogP contribution >= 0.6 is 11.6 Å². The topological polar surface area (TPSA) is 91.7 Å². The second-order valence-electron chi connectivity index (χ2n) is 5.19. The molecule has 1 heterocycles. The predicted molar refractivity (Wildman–Crippen MR) is 89.5 cm³/mol. The number of aliphatic hydroxyl groups is 2. The minimum absolute atomic E-state index is 0.159. The molecule has 128 valence electrons. The van der Waals surface area contributed by atoms with E-state index in [1.54, 1.807) is 6.07 Å². The van der Waals surface area contributed by atoms with Crippen molar-refractivity contribution in [1.82, 2.24) is 10.3 Å². The van der Waals surface area contributed by atoms with E-state index in [0.717, 1.165) is 5.56 Å². The van der Waals surface area contributed by atoms with Gasteiger partial charge in [0.05, 0.1) is 16.8 Å². The highest BCUT2D eigenvalue weighted by atomic mass is 35.5. The lowest BCUT2D eigenvalue weighted by molar-refractivity contribution is 0.0111. The molecule has 2 atom stereocenters. The van der Waals surface area contributed by atoms with Gasteiger partial charge in [-0.25, -0.2) is 4.79 Å². The van der Waals surface area contributed by atoms with Gasteiger partial charge in [0.25, 0.3) is 0 Å². The van der Waals surface area contributed by atoms with Crippen molar-refractivity contribution in [3.63, 3.8) is 0 Å². The van der Waals surface area contributed by atoms with Crippen molar-refractivity contribution in [2.75, 3.05) is 6.54 Å². The number of hydrogen-bond acceptors (Lipinski definition) is 5. The lowest BCUT2D eigenvalue weighted by Crippen LogP contribution is -2.30. The van der Waals surface area contributed by atoms with Crippen molar-refractivity contribution >= 4 is 17.7 Å². The first kappa shape index (κ1) is 18.2. The van der Waals surface area contributed by atoms with Gasteiger partial charge in [0, 0.05) is 12.7 Å². The van der Waals surface area contributed by atoms with Crippen LogP contribution in [0.15, 0.2) is 48.7 Å². The van der Waals surface area contributed by atoms with E-state index in [9.17, 15) is 15.0 Å². The van der Waals surface area contributed by atoms with E-state index in [0.29, 0.717) is 10.7 Å². The highest BCUT2D eigenvalue weighted by Crippen LogP contribution is 2.18. The van der Waals surface area contributed by atoms with Gasteiger partial charge in [-0.3, -0.25) is 4.98 Å². The first-order valence-electron chi connectivity index (χ1n) is 7.48. The molecule has 1 amide bonds. The van der Waals surface area contributed by atoms with Crippen molar-refractivity contribution in [2.24, 2.45) is 0 Å². The number of benzene rings is 1. The molecule has 2 unspecified atom stereocenters. The molecule has 0 aliphatic heterocycles. The van der Waals surface area contributed by atoms with Crippen molar-refractivity contribution in [2.45, 2.75) is 25.2 Å². The summed E-state index contributed by atoms with van der Waals surface area (Å²) in [5.41, 5.74) is 1.20. The van der Waals surface area contributed by atoms with Crippen LogP contribution < -0.4 is 5.32 Å². The number of nitrogens with zero attached hydrogens (tertiary/aromatic N) is 1. The van der Waals surface area contributed by atoms with Gasteiger partial charge in [0.2, 0.25) is 0 Å². The summed E-state index contributed by atoms with van der Waals surface area (Å²) in [6, 6.07) is 12.4. The molecule has 0 radical (unpaired) electrons. The number of alkyl carbamates (subject to hydrolysis) is 1. The summed E-state index contributed by atoms with van der Waals surface area (Å²) >= 11 is 5.72. The van der Waals surface area contributed by atoms with E-state index in [4.69, 9.17) is 16.3 Å². The monoisotopic (exact) mass is 350 g/mol. The van der Waals surface area contributed by atoms with Crippen LogP contribution in [0.3, 0.4) is 0 Å². The Hall–Kier alpha value is -2.15. The van der Waals surface area contributed by atoms with E-state index in [-0.39, 0.29) is 19.6 Å². The molecule has 0 bridgehead atoms. The number of hydrogen-bond donors (Lipinski definition) is 3. The van der Waals surface area contributed by atoms with Crippen LogP contribution in [0.25, 0.3) is 0 Å². The van der Waals surface area contributed by atoms with E-state index in [2.05, 4.69) is 10.3 Å². The van der Waals surface area contributed by atoms with E-state index in [1.807, 2.05) is 30.3 Å². The van der Waals surface area contributed by atoms with Crippen molar-refractivity contribution in [3.05, 3.63) is 64.9 Å². The number of amides is 1. The molecule has 2 aromatic rings. The molecule has 1 aromatic carbocycles. The van der Waals surface area contributed by atoms with Crippen LogP contribution in [0.4, 0.5) is 4.79 Å². The fraction of sp³-hybridized carbons (Fsp3) is 0.294. The zero-order chi connectivity index (χ0) is 17.4. The standard InChI is InChI=1S/C17H19ClN2O4/c18-13-6-7-14(20-10-13)16(22)15(21)8-9-19-17(23)24-11-12-4-2-1-3-5-12/h1-7,10,15-16,21-22H,8-9,11H2,(H,19,23). The number of aromatic nitrogens is 1. The molecular weight excluding hydrogens is 332 g/mol. The first-order valence-corrected chi connectivity index (χ1v) is 7.86. The third-order valence-corrected chi connectivity index (χ3v) is 3.56. The first-order chi connectivity index (χ1) is 11.6. The second-order valence-corrected chi connectivity index (χ2v) is 5.63. The van der Waals surface area contributed by atoms with Gasteiger partial charge in [-0.2, -0.15) is 0 Å². The number of aliphatic hydroxyl groups excluding tert-OH is 2. The summed E-state index contributed by atoms with van der Waals surface area (Å²) in [7, 11) is 0. The Morgan fingerprint density at radius 1 is 1.21 bits per heavy atom. The molecule has 0 spiro atoms. The number of carbonyl (C=O) groups excluding carboxylic acids is 1. The average Bonchev–Trinajstić information content (AvgIpc) is 2.61. The zero-order valence-corrected chi connectivity index (χ0v) is 13.7. The SMILES string of the molecule is O=C(NCCC(O)C(O)c1ccc(Cl)cn1)OCc1ccccc1. The molecule has 0 saturated carbocycles. The Morgan fingerprint density at radius 3 is 2.62 bits per heavy atom. The predicted octanol–water partition coefficient (Wildman–Crippen LogP) is 2.45. The number of carbonyl (C=O) groups is 1. The van der Waals surface area contributed by atoms with Gasteiger partial charge < -0.3 is 20.3 Å². The number of pyridine rings is 1. The van der Waals surface area contributed by atoms with Crippen LogP contribution in [-0.4, -0.2) is 33.9 Å². The Kier molecular flexibility index (Phi) is 6.99. The minimum Gasteiger partial charge on any atom is -0.445 e. The maximum Gasteiger partial charge on any atom is 0.407 e. The third-order valence-electron chi connectivity index (χ3n) is 3.34. The molecule has 6 nitrogen and oxygen atoms in total. The lowest BCUT2D eigenvalue weighted by Gasteiger charge is -2.17. The van der Waals surface area contributed by atoms with Gasteiger partial charge in [0.15, 0.2) is 0 Å².